The van der Waals surface area contributed by atoms with E-state index in [4.69, 9.17) is 4.74 Å². The van der Waals surface area contributed by atoms with Gasteiger partial charge in [0.1, 0.15) is 17.2 Å². The molecule has 1 saturated heterocycles. The van der Waals surface area contributed by atoms with E-state index in [0.29, 0.717) is 37.3 Å². The number of aliphatic hydroxyl groups is 1. The van der Waals surface area contributed by atoms with Gasteiger partial charge in [0, 0.05) is 44.4 Å². The third-order valence-corrected chi connectivity index (χ3v) is 5.08. The number of aliphatic hydroxyl groups excluding tert-OH is 1. The minimum Gasteiger partial charge on any atom is -0.507 e. The molecule has 154 valence electrons. The molecule has 1 fully saturated rings. The van der Waals surface area contributed by atoms with Crippen LogP contribution in [0.4, 0.5) is 0 Å². The summed E-state index contributed by atoms with van der Waals surface area (Å²) in [5.74, 6) is 0.0241. The number of phenols is 1. The molecule has 0 radical (unpaired) electrons. The van der Waals surface area contributed by atoms with Gasteiger partial charge in [-0.1, -0.05) is 6.07 Å². The summed E-state index contributed by atoms with van der Waals surface area (Å²) in [6.45, 7) is 0.840. The maximum absolute atomic E-state index is 13.1. The van der Waals surface area contributed by atoms with Gasteiger partial charge >= 0.3 is 0 Å². The number of ether oxygens (including phenoxy) is 1. The van der Waals surface area contributed by atoms with Crippen molar-refractivity contribution >= 4 is 12.2 Å². The highest BCUT2D eigenvalue weighted by atomic mass is 16.5. The summed E-state index contributed by atoms with van der Waals surface area (Å²) in [5.41, 5.74) is 0.902. The Bertz CT molecular complexity index is 858. The summed E-state index contributed by atoms with van der Waals surface area (Å²) >= 11 is 0. The number of aldehydes is 1. The number of amides is 1. The van der Waals surface area contributed by atoms with E-state index in [1.54, 1.807) is 17.0 Å². The second-order valence-corrected chi connectivity index (χ2v) is 6.92. The minimum atomic E-state index is -0.183. The number of hydrogen-bond acceptors (Lipinski definition) is 7. The molecule has 29 heavy (non-hydrogen) atoms. The van der Waals surface area contributed by atoms with Gasteiger partial charge in [-0.05, 0) is 31.4 Å². The molecular weight excluding hydrogens is 374 g/mol. The van der Waals surface area contributed by atoms with E-state index in [9.17, 15) is 19.8 Å². The Morgan fingerprint density at radius 3 is 2.90 bits per heavy atom. The number of phenolic OH excluding ortho intramolecular Hbond substituents is 1. The van der Waals surface area contributed by atoms with Gasteiger partial charge in [0.05, 0.1) is 17.9 Å². The molecule has 2 heterocycles. The Labute approximate surface area is 169 Å². The number of hydrogen-bond donors (Lipinski definition) is 2. The van der Waals surface area contributed by atoms with Gasteiger partial charge in [-0.15, -0.1) is 0 Å². The predicted molar refractivity (Wildman–Crippen MR) is 105 cm³/mol. The van der Waals surface area contributed by atoms with Gasteiger partial charge in [-0.25, -0.2) is 4.98 Å². The Morgan fingerprint density at radius 2 is 2.10 bits per heavy atom. The summed E-state index contributed by atoms with van der Waals surface area (Å²) in [4.78, 5) is 34.5. The fourth-order valence-corrected chi connectivity index (χ4v) is 3.62. The van der Waals surface area contributed by atoms with Crippen molar-refractivity contribution < 1.29 is 24.5 Å². The van der Waals surface area contributed by atoms with Gasteiger partial charge in [-0.3, -0.25) is 14.6 Å². The normalized spacial score (nSPS) is 16.4. The minimum absolute atomic E-state index is 0.0165. The molecular formula is C21H25N3O5. The number of piperidine rings is 1. The van der Waals surface area contributed by atoms with Gasteiger partial charge in [0.2, 0.25) is 0 Å². The Morgan fingerprint density at radius 1 is 1.28 bits per heavy atom. The lowest BCUT2D eigenvalue weighted by Gasteiger charge is -2.35. The summed E-state index contributed by atoms with van der Waals surface area (Å²) in [7, 11) is 0. The third-order valence-electron chi connectivity index (χ3n) is 5.08. The Balaban J connectivity index is 1.68. The van der Waals surface area contributed by atoms with Gasteiger partial charge in [-0.2, -0.15) is 0 Å². The Hall–Kier alpha value is -3.00. The molecule has 8 heteroatoms. The smallest absolute Gasteiger partial charge is 0.274 e. The predicted octanol–water partition coefficient (Wildman–Crippen LogP) is 1.99. The zero-order valence-corrected chi connectivity index (χ0v) is 16.2. The molecule has 0 saturated carbocycles. The highest BCUT2D eigenvalue weighted by Crippen LogP contribution is 2.27. The summed E-state index contributed by atoms with van der Waals surface area (Å²) in [6.07, 6.45) is 7.23. The summed E-state index contributed by atoms with van der Waals surface area (Å²) in [6, 6.07) is 4.67. The molecule has 2 aromatic rings. The van der Waals surface area contributed by atoms with Crippen LogP contribution in [0, 0.1) is 0 Å². The van der Waals surface area contributed by atoms with E-state index >= 15 is 0 Å². The molecule has 0 bridgehead atoms. The van der Waals surface area contributed by atoms with Gasteiger partial charge in [0.25, 0.3) is 5.91 Å². The number of carbonyl (C=O) groups is 2. The van der Waals surface area contributed by atoms with Crippen molar-refractivity contribution in [2.24, 2.45) is 0 Å². The first kappa shape index (κ1) is 20.7. The molecule has 1 atom stereocenters. The van der Waals surface area contributed by atoms with E-state index in [2.05, 4.69) is 9.97 Å². The zero-order chi connectivity index (χ0) is 20.6. The average molecular weight is 399 g/mol. The van der Waals surface area contributed by atoms with E-state index < -0.39 is 0 Å². The molecule has 1 aliphatic rings. The fraction of sp³-hybridized carbons (Fsp3) is 0.429. The maximum Gasteiger partial charge on any atom is 0.274 e. The number of likely N-dealkylation sites (tertiary alicyclic amines) is 1. The van der Waals surface area contributed by atoms with Crippen LogP contribution in [0.2, 0.25) is 0 Å². The van der Waals surface area contributed by atoms with Gasteiger partial charge in [0.15, 0.2) is 6.29 Å². The lowest BCUT2D eigenvalue weighted by Crippen LogP contribution is -2.45. The quantitative estimate of drug-likeness (QED) is 0.653. The highest BCUT2D eigenvalue weighted by molar-refractivity contribution is 5.93. The molecule has 8 nitrogen and oxygen atoms in total. The molecule has 1 aromatic heterocycles. The number of aromatic nitrogens is 2. The number of carbonyl (C=O) groups excluding carboxylic acids is 2. The Kier molecular flexibility index (Phi) is 7.13. The van der Waals surface area contributed by atoms with Crippen molar-refractivity contribution in [3.63, 3.8) is 0 Å². The maximum atomic E-state index is 13.1. The van der Waals surface area contributed by atoms with Crippen LogP contribution in [0.25, 0.3) is 0 Å². The lowest BCUT2D eigenvalue weighted by molar-refractivity contribution is 0.0572. The molecule has 3 rings (SSSR count). The average Bonchev–Trinajstić information content (AvgIpc) is 2.74. The first-order valence-corrected chi connectivity index (χ1v) is 9.77. The SMILES string of the molecule is O=Cc1c(O)cccc1OCC[C@@H]1CCCCN1C(=O)c1nccnc1CCO. The van der Waals surface area contributed by atoms with Crippen LogP contribution in [0.1, 0.15) is 52.2 Å². The molecule has 1 aromatic carbocycles. The standard InChI is InChI=1S/C21H25N3O5/c25-12-7-17-20(23-10-9-22-17)21(28)24-11-2-1-4-15(24)8-13-29-19-6-3-5-18(27)16(19)14-26/h3,5-6,9-10,14-15,25,27H,1-2,4,7-8,11-13H2/t15-/m0/s1. The second-order valence-electron chi connectivity index (χ2n) is 6.92. The van der Waals surface area contributed by atoms with E-state index in [1.807, 2.05) is 0 Å². The lowest BCUT2D eigenvalue weighted by atomic mass is 9.98. The molecule has 1 amide bonds. The zero-order valence-electron chi connectivity index (χ0n) is 16.2. The van der Waals surface area contributed by atoms with Crippen LogP contribution >= 0.6 is 0 Å². The monoisotopic (exact) mass is 399 g/mol. The van der Waals surface area contributed by atoms with Crippen LogP contribution in [-0.4, -0.2) is 63.1 Å². The van der Waals surface area contributed by atoms with Crippen molar-refractivity contribution in [1.82, 2.24) is 14.9 Å². The van der Waals surface area contributed by atoms with E-state index in [0.717, 1.165) is 19.3 Å². The van der Waals surface area contributed by atoms with Crippen molar-refractivity contribution in [3.8, 4) is 11.5 Å². The van der Waals surface area contributed by atoms with Crippen LogP contribution in [0.15, 0.2) is 30.6 Å². The van der Waals surface area contributed by atoms with Crippen molar-refractivity contribution in [2.45, 2.75) is 38.1 Å². The number of aromatic hydroxyl groups is 1. The fourth-order valence-electron chi connectivity index (χ4n) is 3.62. The summed E-state index contributed by atoms with van der Waals surface area (Å²) in [5, 5.41) is 19.0. The largest absolute Gasteiger partial charge is 0.507 e. The van der Waals surface area contributed by atoms with Crippen molar-refractivity contribution in [2.75, 3.05) is 19.8 Å². The summed E-state index contributed by atoms with van der Waals surface area (Å²) < 4.78 is 5.72. The highest BCUT2D eigenvalue weighted by Gasteiger charge is 2.29. The van der Waals surface area contributed by atoms with E-state index in [1.165, 1.54) is 18.5 Å². The van der Waals surface area contributed by atoms with Crippen LogP contribution in [0.3, 0.4) is 0 Å². The van der Waals surface area contributed by atoms with E-state index in [-0.39, 0.29) is 42.0 Å². The van der Waals surface area contributed by atoms with Crippen LogP contribution in [0.5, 0.6) is 11.5 Å². The molecule has 0 aliphatic carbocycles. The first-order valence-electron chi connectivity index (χ1n) is 9.77. The molecule has 0 spiro atoms. The van der Waals surface area contributed by atoms with Gasteiger partial charge < -0.3 is 19.8 Å². The van der Waals surface area contributed by atoms with Crippen LogP contribution < -0.4 is 4.74 Å². The second kappa shape index (κ2) is 9.97. The van der Waals surface area contributed by atoms with Crippen LogP contribution in [-0.2, 0) is 6.42 Å². The third kappa shape index (κ3) is 4.89. The molecule has 0 unspecified atom stereocenters. The topological polar surface area (TPSA) is 113 Å². The molecule has 1 aliphatic heterocycles. The van der Waals surface area contributed by atoms with Crippen molar-refractivity contribution in [1.29, 1.82) is 0 Å². The first-order chi connectivity index (χ1) is 14.2. The number of rotatable bonds is 8. The number of benzene rings is 1. The molecule has 2 N–H and O–H groups in total. The van der Waals surface area contributed by atoms with Crippen molar-refractivity contribution in [3.05, 3.63) is 47.5 Å². The number of nitrogens with zero attached hydrogens (tertiary/aromatic N) is 3.